The van der Waals surface area contributed by atoms with Crippen LogP contribution in [0.2, 0.25) is 0 Å². The van der Waals surface area contributed by atoms with Gasteiger partial charge in [0.05, 0.1) is 17.6 Å². The van der Waals surface area contributed by atoms with Crippen LogP contribution in [0, 0.1) is 0 Å². The number of nitrogens with zero attached hydrogens (tertiary/aromatic N) is 4. The molecule has 1 aliphatic heterocycles. The van der Waals surface area contributed by atoms with Gasteiger partial charge >= 0.3 is 6.18 Å². The fourth-order valence-corrected chi connectivity index (χ4v) is 3.78. The van der Waals surface area contributed by atoms with Crippen molar-refractivity contribution in [2.24, 2.45) is 0 Å². The molecule has 1 saturated heterocycles. The molecule has 1 aliphatic rings. The Labute approximate surface area is 188 Å². The van der Waals surface area contributed by atoms with Crippen molar-refractivity contribution in [3.63, 3.8) is 0 Å². The topological polar surface area (TPSA) is 58.4 Å². The molecule has 1 amide bonds. The summed E-state index contributed by atoms with van der Waals surface area (Å²) in [6.45, 7) is 3.37. The third-order valence-corrected chi connectivity index (χ3v) is 5.67. The van der Waals surface area contributed by atoms with Crippen LogP contribution in [0.25, 0.3) is 11.3 Å². The molecule has 2 aromatic carbocycles. The highest BCUT2D eigenvalue weighted by Gasteiger charge is 2.30. The van der Waals surface area contributed by atoms with Gasteiger partial charge in [-0.05, 0) is 17.7 Å². The predicted octanol–water partition coefficient (Wildman–Crippen LogP) is 3.27. The predicted molar refractivity (Wildman–Crippen MR) is 117 cm³/mol. The van der Waals surface area contributed by atoms with Gasteiger partial charge in [-0.2, -0.15) is 13.2 Å². The fourth-order valence-electron chi connectivity index (χ4n) is 3.78. The van der Waals surface area contributed by atoms with Crippen molar-refractivity contribution < 1.29 is 18.0 Å². The van der Waals surface area contributed by atoms with Crippen LogP contribution in [0.3, 0.4) is 0 Å². The number of rotatable bonds is 5. The van der Waals surface area contributed by atoms with Gasteiger partial charge in [-0.3, -0.25) is 19.1 Å². The number of hydrogen-bond donors (Lipinski definition) is 0. The first-order valence-electron chi connectivity index (χ1n) is 10.6. The molecule has 6 nitrogen and oxygen atoms in total. The number of carbonyl (C=O) groups excluding carboxylic acids is 1. The van der Waals surface area contributed by atoms with Crippen LogP contribution >= 0.6 is 0 Å². The van der Waals surface area contributed by atoms with Crippen molar-refractivity contribution in [1.29, 1.82) is 0 Å². The van der Waals surface area contributed by atoms with E-state index in [0.717, 1.165) is 31.8 Å². The molecule has 1 aromatic heterocycles. The molecule has 0 N–H and O–H groups in total. The Morgan fingerprint density at radius 2 is 1.61 bits per heavy atom. The number of hydrogen-bond acceptors (Lipinski definition) is 4. The van der Waals surface area contributed by atoms with Crippen LogP contribution in [0.5, 0.6) is 0 Å². The van der Waals surface area contributed by atoms with Gasteiger partial charge in [0, 0.05) is 44.4 Å². The monoisotopic (exact) mass is 456 g/mol. The van der Waals surface area contributed by atoms with E-state index in [1.807, 2.05) is 18.2 Å². The van der Waals surface area contributed by atoms with Gasteiger partial charge in [-0.25, -0.2) is 4.98 Å². The summed E-state index contributed by atoms with van der Waals surface area (Å²) in [5.41, 5.74) is 0.674. The number of amides is 1. The highest BCUT2D eigenvalue weighted by molar-refractivity contribution is 5.76. The standard InChI is InChI=1S/C24H23F3N4O2/c25-24(26,27)20-8-6-19(7-9-20)21-14-22(32)31(17-28-21)16-23(33)30-12-10-29(11-13-30)15-18-4-2-1-3-5-18/h1-9,14,17H,10-13,15-16H2. The van der Waals surface area contributed by atoms with Gasteiger partial charge in [0.1, 0.15) is 6.54 Å². The SMILES string of the molecule is O=C(Cn1cnc(-c2ccc(C(F)(F)F)cc2)cc1=O)N1CCN(Cc2ccccc2)CC1. The second-order valence-electron chi connectivity index (χ2n) is 7.96. The van der Waals surface area contributed by atoms with Crippen LogP contribution in [0.1, 0.15) is 11.1 Å². The van der Waals surface area contributed by atoms with Crippen molar-refractivity contribution >= 4 is 5.91 Å². The molecule has 0 atom stereocenters. The maximum absolute atomic E-state index is 12.7. The number of carbonyl (C=O) groups is 1. The summed E-state index contributed by atoms with van der Waals surface area (Å²) in [6.07, 6.45) is -3.17. The minimum absolute atomic E-state index is 0.127. The lowest BCUT2D eigenvalue weighted by atomic mass is 10.1. The van der Waals surface area contributed by atoms with E-state index in [2.05, 4.69) is 22.0 Å². The van der Waals surface area contributed by atoms with E-state index in [0.29, 0.717) is 18.7 Å². The molecule has 33 heavy (non-hydrogen) atoms. The van der Waals surface area contributed by atoms with Crippen LogP contribution < -0.4 is 5.56 Å². The quantitative estimate of drug-likeness (QED) is 0.592. The molecule has 2 heterocycles. The molecule has 9 heteroatoms. The molecule has 1 fully saturated rings. The van der Waals surface area contributed by atoms with Crippen molar-refractivity contribution in [2.75, 3.05) is 26.2 Å². The molecule has 0 unspecified atom stereocenters. The summed E-state index contributed by atoms with van der Waals surface area (Å²) < 4.78 is 39.4. The van der Waals surface area contributed by atoms with Gasteiger partial charge in [0.25, 0.3) is 5.56 Å². The Kier molecular flexibility index (Phi) is 6.60. The summed E-state index contributed by atoms with van der Waals surface area (Å²) in [4.78, 5) is 33.3. The Bertz CT molecular complexity index is 1150. The fraction of sp³-hybridized carbons (Fsp3) is 0.292. The van der Waals surface area contributed by atoms with Gasteiger partial charge in [0.2, 0.25) is 5.91 Å². The molecule has 4 rings (SSSR count). The average Bonchev–Trinajstić information content (AvgIpc) is 2.81. The maximum Gasteiger partial charge on any atom is 0.416 e. The smallest absolute Gasteiger partial charge is 0.339 e. The second-order valence-corrected chi connectivity index (χ2v) is 7.96. The lowest BCUT2D eigenvalue weighted by Crippen LogP contribution is -2.49. The Morgan fingerprint density at radius 1 is 0.939 bits per heavy atom. The Balaban J connectivity index is 1.35. The molecule has 0 bridgehead atoms. The van der Waals surface area contributed by atoms with Crippen LogP contribution in [-0.4, -0.2) is 51.4 Å². The molecule has 3 aromatic rings. The van der Waals surface area contributed by atoms with E-state index in [-0.39, 0.29) is 18.1 Å². The summed E-state index contributed by atoms with van der Waals surface area (Å²) in [5, 5.41) is 0. The minimum Gasteiger partial charge on any atom is -0.339 e. The van der Waals surface area contributed by atoms with Crippen molar-refractivity contribution in [1.82, 2.24) is 19.4 Å². The highest BCUT2D eigenvalue weighted by Crippen LogP contribution is 2.30. The van der Waals surface area contributed by atoms with E-state index < -0.39 is 17.3 Å². The number of alkyl halides is 3. The number of aromatic nitrogens is 2. The molecule has 0 spiro atoms. The van der Waals surface area contributed by atoms with Gasteiger partial charge in [-0.1, -0.05) is 42.5 Å². The zero-order valence-corrected chi connectivity index (χ0v) is 17.8. The lowest BCUT2D eigenvalue weighted by Gasteiger charge is -2.34. The van der Waals surface area contributed by atoms with Crippen LogP contribution in [0.15, 0.2) is 71.8 Å². The van der Waals surface area contributed by atoms with E-state index in [9.17, 15) is 22.8 Å². The largest absolute Gasteiger partial charge is 0.416 e. The first-order valence-corrected chi connectivity index (χ1v) is 10.6. The number of benzene rings is 2. The number of halogens is 3. The van der Waals surface area contributed by atoms with Crippen LogP contribution in [-0.2, 0) is 24.1 Å². The zero-order valence-electron chi connectivity index (χ0n) is 17.8. The second kappa shape index (κ2) is 9.58. The first-order chi connectivity index (χ1) is 15.8. The van der Waals surface area contributed by atoms with Crippen molar-refractivity contribution in [3.05, 3.63) is 88.5 Å². The molecular formula is C24H23F3N4O2. The summed E-state index contributed by atoms with van der Waals surface area (Å²) in [6, 6.07) is 15.8. The maximum atomic E-state index is 12.7. The van der Waals surface area contributed by atoms with E-state index in [4.69, 9.17) is 0 Å². The molecule has 172 valence electrons. The Hall–Kier alpha value is -3.46. The van der Waals surface area contributed by atoms with Crippen LogP contribution in [0.4, 0.5) is 13.2 Å². The van der Waals surface area contributed by atoms with E-state index >= 15 is 0 Å². The molecular weight excluding hydrogens is 433 g/mol. The summed E-state index contributed by atoms with van der Waals surface area (Å²) in [7, 11) is 0. The molecule has 0 saturated carbocycles. The lowest BCUT2D eigenvalue weighted by molar-refractivity contribution is -0.137. The first kappa shape index (κ1) is 22.7. The molecule has 0 aliphatic carbocycles. The minimum atomic E-state index is -4.43. The third-order valence-electron chi connectivity index (χ3n) is 5.67. The van der Waals surface area contributed by atoms with Gasteiger partial charge in [0.15, 0.2) is 0 Å². The van der Waals surface area contributed by atoms with E-state index in [1.165, 1.54) is 34.7 Å². The number of piperazine rings is 1. The highest BCUT2D eigenvalue weighted by atomic mass is 19.4. The van der Waals surface area contributed by atoms with Crippen molar-refractivity contribution in [3.8, 4) is 11.3 Å². The molecule has 0 radical (unpaired) electrons. The van der Waals surface area contributed by atoms with Gasteiger partial charge < -0.3 is 4.90 Å². The Morgan fingerprint density at radius 3 is 2.21 bits per heavy atom. The van der Waals surface area contributed by atoms with Crippen molar-refractivity contribution in [2.45, 2.75) is 19.3 Å². The van der Waals surface area contributed by atoms with Gasteiger partial charge in [-0.15, -0.1) is 0 Å². The van der Waals surface area contributed by atoms with E-state index in [1.54, 1.807) is 4.90 Å². The summed E-state index contributed by atoms with van der Waals surface area (Å²) in [5.74, 6) is -0.166. The average molecular weight is 456 g/mol. The normalized spacial score (nSPS) is 14.9. The zero-order chi connectivity index (χ0) is 23.4. The third kappa shape index (κ3) is 5.67. The summed E-state index contributed by atoms with van der Waals surface area (Å²) >= 11 is 0.